The van der Waals surface area contributed by atoms with E-state index < -0.39 is 0 Å². The number of benzene rings is 2. The van der Waals surface area contributed by atoms with Crippen LogP contribution in [0.1, 0.15) is 34.7 Å². The van der Waals surface area contributed by atoms with Crippen molar-refractivity contribution in [2.45, 2.75) is 18.8 Å². The molecule has 116 valence electrons. The minimum absolute atomic E-state index is 0. The maximum Gasteiger partial charge on any atom is 0.176 e. The maximum atomic E-state index is 12.2. The van der Waals surface area contributed by atoms with Gasteiger partial charge in [0.2, 0.25) is 0 Å². The normalized spacial score (nSPS) is 16.0. The van der Waals surface area contributed by atoms with E-state index in [9.17, 15) is 4.79 Å². The second-order valence-corrected chi connectivity index (χ2v) is 5.75. The molecular formula is C19H22ClNO. The van der Waals surface area contributed by atoms with Gasteiger partial charge in [-0.25, -0.2) is 0 Å². The fourth-order valence-corrected chi connectivity index (χ4v) is 3.07. The molecule has 0 amide bonds. The number of halogens is 1. The zero-order valence-corrected chi connectivity index (χ0v) is 13.5. The highest BCUT2D eigenvalue weighted by atomic mass is 35.5. The Labute approximate surface area is 138 Å². The summed E-state index contributed by atoms with van der Waals surface area (Å²) in [6.45, 7) is 2.57. The minimum atomic E-state index is 0. The Bertz CT molecular complexity index is 577. The highest BCUT2D eigenvalue weighted by Gasteiger charge is 2.22. The lowest BCUT2D eigenvalue weighted by Gasteiger charge is -2.31. The summed E-state index contributed by atoms with van der Waals surface area (Å²) < 4.78 is 0. The molecule has 3 rings (SSSR count). The highest BCUT2D eigenvalue weighted by molar-refractivity contribution is 5.97. The van der Waals surface area contributed by atoms with E-state index in [1.165, 1.54) is 5.56 Å². The third-order valence-electron chi connectivity index (χ3n) is 4.32. The molecule has 2 aromatic rings. The Balaban J connectivity index is 0.00000176. The molecule has 0 N–H and O–H groups in total. The van der Waals surface area contributed by atoms with Crippen LogP contribution in [0.5, 0.6) is 0 Å². The molecule has 1 saturated heterocycles. The quantitative estimate of drug-likeness (QED) is 0.789. The topological polar surface area (TPSA) is 20.3 Å². The van der Waals surface area contributed by atoms with Crippen LogP contribution in [0, 0.1) is 0 Å². The van der Waals surface area contributed by atoms with E-state index >= 15 is 0 Å². The summed E-state index contributed by atoms with van der Waals surface area (Å²) in [6.07, 6.45) is 2.29. The summed E-state index contributed by atoms with van der Waals surface area (Å²) in [5.41, 5.74) is 2.26. The molecule has 0 saturated carbocycles. The SMILES string of the molecule is Cl.O=C(CN1CCC(c2ccccc2)CC1)c1ccccc1. The Hall–Kier alpha value is -1.64. The molecule has 2 nitrogen and oxygen atoms in total. The molecule has 1 fully saturated rings. The maximum absolute atomic E-state index is 12.2. The Morgan fingerprint density at radius 2 is 1.45 bits per heavy atom. The highest BCUT2D eigenvalue weighted by Crippen LogP contribution is 2.27. The van der Waals surface area contributed by atoms with Gasteiger partial charge in [-0.3, -0.25) is 9.69 Å². The fourth-order valence-electron chi connectivity index (χ4n) is 3.07. The molecule has 2 aromatic carbocycles. The molecule has 1 heterocycles. The first-order valence-electron chi connectivity index (χ1n) is 7.68. The van der Waals surface area contributed by atoms with E-state index in [4.69, 9.17) is 0 Å². The predicted molar refractivity (Wildman–Crippen MR) is 92.9 cm³/mol. The van der Waals surface area contributed by atoms with Crippen LogP contribution in [0.15, 0.2) is 60.7 Å². The summed E-state index contributed by atoms with van der Waals surface area (Å²) >= 11 is 0. The Morgan fingerprint density at radius 1 is 0.909 bits per heavy atom. The van der Waals surface area contributed by atoms with Gasteiger partial charge in [-0.05, 0) is 37.4 Å². The van der Waals surface area contributed by atoms with Gasteiger partial charge < -0.3 is 0 Å². The Morgan fingerprint density at radius 3 is 2.05 bits per heavy atom. The second-order valence-electron chi connectivity index (χ2n) is 5.75. The van der Waals surface area contributed by atoms with Gasteiger partial charge in [-0.15, -0.1) is 12.4 Å². The molecule has 1 aliphatic heterocycles. The largest absolute Gasteiger partial charge is 0.296 e. The van der Waals surface area contributed by atoms with Crippen LogP contribution < -0.4 is 0 Å². The van der Waals surface area contributed by atoms with Crippen LogP contribution in [0.4, 0.5) is 0 Å². The van der Waals surface area contributed by atoms with Gasteiger partial charge in [0.25, 0.3) is 0 Å². The van der Waals surface area contributed by atoms with Crippen molar-refractivity contribution < 1.29 is 4.79 Å². The van der Waals surface area contributed by atoms with Gasteiger partial charge >= 0.3 is 0 Å². The van der Waals surface area contributed by atoms with Gasteiger partial charge in [0.05, 0.1) is 6.54 Å². The standard InChI is InChI=1S/C19H21NO.ClH/c21-19(18-9-5-2-6-10-18)15-20-13-11-17(12-14-20)16-7-3-1-4-8-16;/h1-10,17H,11-15H2;1H. The number of Topliss-reactive ketones (excluding diaryl/α,β-unsaturated/α-hetero) is 1. The third-order valence-corrected chi connectivity index (χ3v) is 4.32. The van der Waals surface area contributed by atoms with Gasteiger partial charge in [-0.2, -0.15) is 0 Å². The van der Waals surface area contributed by atoms with Crippen molar-refractivity contribution in [3.8, 4) is 0 Å². The molecule has 0 bridgehead atoms. The molecule has 0 atom stereocenters. The molecule has 0 spiro atoms. The monoisotopic (exact) mass is 315 g/mol. The number of hydrogen-bond acceptors (Lipinski definition) is 2. The lowest BCUT2D eigenvalue weighted by molar-refractivity contribution is 0.0909. The molecule has 0 unspecified atom stereocenters. The van der Waals surface area contributed by atoms with E-state index in [1.807, 2.05) is 30.3 Å². The minimum Gasteiger partial charge on any atom is -0.296 e. The molecule has 1 aliphatic rings. The van der Waals surface area contributed by atoms with E-state index in [0.717, 1.165) is 31.5 Å². The zero-order valence-electron chi connectivity index (χ0n) is 12.7. The summed E-state index contributed by atoms with van der Waals surface area (Å²) in [6, 6.07) is 20.3. The molecule has 22 heavy (non-hydrogen) atoms. The van der Waals surface area contributed by atoms with E-state index in [1.54, 1.807) is 0 Å². The average Bonchev–Trinajstić information content (AvgIpc) is 2.57. The predicted octanol–water partition coefficient (Wildman–Crippen LogP) is 4.17. The first kappa shape index (κ1) is 16.7. The van der Waals surface area contributed by atoms with Gasteiger partial charge in [-0.1, -0.05) is 60.7 Å². The number of likely N-dealkylation sites (tertiary alicyclic amines) is 1. The summed E-state index contributed by atoms with van der Waals surface area (Å²) in [4.78, 5) is 14.5. The van der Waals surface area contributed by atoms with E-state index in [0.29, 0.717) is 12.5 Å². The lowest BCUT2D eigenvalue weighted by atomic mass is 9.89. The summed E-state index contributed by atoms with van der Waals surface area (Å²) in [7, 11) is 0. The van der Waals surface area contributed by atoms with Crippen LogP contribution in [-0.4, -0.2) is 30.3 Å². The van der Waals surface area contributed by atoms with Crippen molar-refractivity contribution >= 4 is 18.2 Å². The number of carbonyl (C=O) groups excluding carboxylic acids is 1. The van der Waals surface area contributed by atoms with Gasteiger partial charge in [0, 0.05) is 5.56 Å². The first-order chi connectivity index (χ1) is 10.3. The van der Waals surface area contributed by atoms with Crippen molar-refractivity contribution in [3.05, 3.63) is 71.8 Å². The van der Waals surface area contributed by atoms with Crippen molar-refractivity contribution in [3.63, 3.8) is 0 Å². The fraction of sp³-hybridized carbons (Fsp3) is 0.316. The molecule has 0 radical (unpaired) electrons. The number of hydrogen-bond donors (Lipinski definition) is 0. The van der Waals surface area contributed by atoms with E-state index in [-0.39, 0.29) is 18.2 Å². The van der Waals surface area contributed by atoms with Crippen molar-refractivity contribution in [2.75, 3.05) is 19.6 Å². The van der Waals surface area contributed by atoms with Gasteiger partial charge in [0.15, 0.2) is 5.78 Å². The van der Waals surface area contributed by atoms with Crippen molar-refractivity contribution in [2.24, 2.45) is 0 Å². The third kappa shape index (κ3) is 4.19. The van der Waals surface area contributed by atoms with Crippen molar-refractivity contribution in [1.29, 1.82) is 0 Å². The van der Waals surface area contributed by atoms with E-state index in [2.05, 4.69) is 35.2 Å². The first-order valence-corrected chi connectivity index (χ1v) is 7.68. The number of piperidine rings is 1. The molecular weight excluding hydrogens is 294 g/mol. The van der Waals surface area contributed by atoms with Crippen LogP contribution in [0.25, 0.3) is 0 Å². The lowest BCUT2D eigenvalue weighted by Crippen LogP contribution is -2.36. The van der Waals surface area contributed by atoms with Crippen LogP contribution in [-0.2, 0) is 0 Å². The number of rotatable bonds is 4. The zero-order chi connectivity index (χ0) is 14.5. The number of ketones is 1. The van der Waals surface area contributed by atoms with Crippen LogP contribution in [0.2, 0.25) is 0 Å². The molecule has 0 aromatic heterocycles. The summed E-state index contributed by atoms with van der Waals surface area (Å²) in [5.74, 6) is 0.878. The van der Waals surface area contributed by atoms with Crippen LogP contribution >= 0.6 is 12.4 Å². The van der Waals surface area contributed by atoms with Gasteiger partial charge in [0.1, 0.15) is 0 Å². The van der Waals surface area contributed by atoms with Crippen molar-refractivity contribution in [1.82, 2.24) is 4.90 Å². The second kappa shape index (κ2) is 8.11. The average molecular weight is 316 g/mol. The number of nitrogens with zero attached hydrogens (tertiary/aromatic N) is 1. The smallest absolute Gasteiger partial charge is 0.176 e. The summed E-state index contributed by atoms with van der Waals surface area (Å²) in [5, 5.41) is 0. The molecule has 0 aliphatic carbocycles. The number of carbonyl (C=O) groups is 1. The Kier molecular flexibility index (Phi) is 6.17. The van der Waals surface area contributed by atoms with Crippen LogP contribution in [0.3, 0.4) is 0 Å². The molecule has 3 heteroatoms.